The summed E-state index contributed by atoms with van der Waals surface area (Å²) < 4.78 is 40.6. The molecule has 1 aromatic rings. The van der Waals surface area contributed by atoms with Gasteiger partial charge in [-0.15, -0.1) is 0 Å². The SMILES string of the molecule is CC(C)(C)c1cc(C(F)(F)F)n(CC2CCCCC2)n1. The lowest BCUT2D eigenvalue weighted by Crippen LogP contribution is -2.21. The lowest BCUT2D eigenvalue weighted by atomic mass is 9.89. The molecule has 0 saturated heterocycles. The van der Waals surface area contributed by atoms with E-state index in [9.17, 15) is 13.2 Å². The Bertz CT molecular complexity index is 449. The minimum Gasteiger partial charge on any atom is -0.260 e. The molecule has 1 saturated carbocycles. The Kier molecular flexibility index (Phi) is 4.17. The third-order valence-electron chi connectivity index (χ3n) is 3.99. The van der Waals surface area contributed by atoms with Crippen molar-refractivity contribution in [2.24, 2.45) is 5.92 Å². The van der Waals surface area contributed by atoms with Crippen LogP contribution in [0.15, 0.2) is 6.07 Å². The quantitative estimate of drug-likeness (QED) is 0.765. The average Bonchev–Trinajstić information content (AvgIpc) is 2.74. The summed E-state index contributed by atoms with van der Waals surface area (Å²) >= 11 is 0. The zero-order valence-electron chi connectivity index (χ0n) is 12.4. The van der Waals surface area contributed by atoms with Gasteiger partial charge in [-0.2, -0.15) is 18.3 Å². The summed E-state index contributed by atoms with van der Waals surface area (Å²) in [4.78, 5) is 0. The van der Waals surface area contributed by atoms with Crippen LogP contribution < -0.4 is 0 Å². The molecular weight excluding hydrogens is 265 g/mol. The van der Waals surface area contributed by atoms with Gasteiger partial charge in [-0.05, 0) is 24.8 Å². The Morgan fingerprint density at radius 3 is 2.25 bits per heavy atom. The number of aromatic nitrogens is 2. The first-order chi connectivity index (χ1) is 9.18. The van der Waals surface area contributed by atoms with E-state index in [1.54, 1.807) is 0 Å². The zero-order chi connectivity index (χ0) is 15.0. The molecule has 114 valence electrons. The summed E-state index contributed by atoms with van der Waals surface area (Å²) in [7, 11) is 0. The Balaban J connectivity index is 2.27. The fourth-order valence-corrected chi connectivity index (χ4v) is 2.76. The Labute approximate surface area is 118 Å². The molecule has 0 bridgehead atoms. The number of alkyl halides is 3. The second-order valence-corrected chi connectivity index (χ2v) is 6.85. The maximum atomic E-state index is 13.1. The molecule has 1 aliphatic rings. The van der Waals surface area contributed by atoms with Crippen LogP contribution in [0.25, 0.3) is 0 Å². The van der Waals surface area contributed by atoms with Crippen LogP contribution in [-0.4, -0.2) is 9.78 Å². The summed E-state index contributed by atoms with van der Waals surface area (Å²) in [5, 5.41) is 4.24. The van der Waals surface area contributed by atoms with Crippen LogP contribution in [0.3, 0.4) is 0 Å². The molecule has 20 heavy (non-hydrogen) atoms. The molecule has 5 heteroatoms. The summed E-state index contributed by atoms with van der Waals surface area (Å²) in [6.45, 7) is 6.06. The first kappa shape index (κ1) is 15.4. The Morgan fingerprint density at radius 1 is 1.15 bits per heavy atom. The molecule has 0 atom stereocenters. The van der Waals surface area contributed by atoms with Crippen LogP contribution in [0.2, 0.25) is 0 Å². The van der Waals surface area contributed by atoms with Crippen molar-refractivity contribution in [2.75, 3.05) is 0 Å². The van der Waals surface area contributed by atoms with Crippen LogP contribution >= 0.6 is 0 Å². The van der Waals surface area contributed by atoms with E-state index in [1.807, 2.05) is 20.8 Å². The summed E-state index contributed by atoms with van der Waals surface area (Å²) in [6.07, 6.45) is 1.16. The van der Waals surface area contributed by atoms with Crippen molar-refractivity contribution < 1.29 is 13.2 Å². The Morgan fingerprint density at radius 2 is 1.75 bits per heavy atom. The third-order valence-corrected chi connectivity index (χ3v) is 3.99. The van der Waals surface area contributed by atoms with Crippen molar-refractivity contribution in [3.63, 3.8) is 0 Å². The van der Waals surface area contributed by atoms with Gasteiger partial charge in [0.25, 0.3) is 0 Å². The molecule has 2 nitrogen and oxygen atoms in total. The molecule has 1 aromatic heterocycles. The van der Waals surface area contributed by atoms with Gasteiger partial charge in [-0.3, -0.25) is 4.68 Å². The molecule has 0 radical (unpaired) electrons. The van der Waals surface area contributed by atoms with Crippen molar-refractivity contribution in [3.8, 4) is 0 Å². The topological polar surface area (TPSA) is 17.8 Å². The largest absolute Gasteiger partial charge is 0.433 e. The molecule has 1 heterocycles. The van der Waals surface area contributed by atoms with Gasteiger partial charge in [0.05, 0.1) is 5.69 Å². The fourth-order valence-electron chi connectivity index (χ4n) is 2.76. The predicted octanol–water partition coefficient (Wildman–Crippen LogP) is 4.78. The summed E-state index contributed by atoms with van der Waals surface area (Å²) in [6, 6.07) is 1.21. The molecule has 0 aromatic carbocycles. The fraction of sp³-hybridized carbons (Fsp3) is 0.800. The van der Waals surface area contributed by atoms with E-state index < -0.39 is 11.9 Å². The zero-order valence-corrected chi connectivity index (χ0v) is 12.4. The van der Waals surface area contributed by atoms with E-state index in [2.05, 4.69) is 5.10 Å². The average molecular weight is 288 g/mol. The summed E-state index contributed by atoms with van der Waals surface area (Å²) in [5.74, 6) is 0.331. The van der Waals surface area contributed by atoms with Gasteiger partial charge in [0.15, 0.2) is 0 Å². The second-order valence-electron chi connectivity index (χ2n) is 6.85. The van der Waals surface area contributed by atoms with E-state index in [4.69, 9.17) is 0 Å². The van der Waals surface area contributed by atoms with E-state index in [0.29, 0.717) is 18.2 Å². The highest BCUT2D eigenvalue weighted by Gasteiger charge is 2.37. The molecule has 2 rings (SSSR count). The normalized spacial score (nSPS) is 18.5. The summed E-state index contributed by atoms with van der Waals surface area (Å²) in [5.41, 5.74) is -0.453. The van der Waals surface area contributed by atoms with Crippen molar-refractivity contribution in [1.82, 2.24) is 9.78 Å². The van der Waals surface area contributed by atoms with Gasteiger partial charge < -0.3 is 0 Å². The van der Waals surface area contributed by atoms with E-state index in [1.165, 1.54) is 17.2 Å². The minimum absolute atomic E-state index is 0.331. The van der Waals surface area contributed by atoms with Gasteiger partial charge in [0.1, 0.15) is 5.69 Å². The van der Waals surface area contributed by atoms with Crippen LogP contribution in [0.1, 0.15) is 64.3 Å². The number of nitrogens with zero attached hydrogens (tertiary/aromatic N) is 2. The van der Waals surface area contributed by atoms with E-state index in [0.717, 1.165) is 25.7 Å². The number of halogens is 3. The smallest absolute Gasteiger partial charge is 0.260 e. The standard InChI is InChI=1S/C15H23F3N2/c1-14(2,3)12-9-13(15(16,17)18)20(19-12)10-11-7-5-4-6-8-11/h9,11H,4-8,10H2,1-3H3. The van der Waals surface area contributed by atoms with Gasteiger partial charge in [-0.1, -0.05) is 40.0 Å². The highest BCUT2D eigenvalue weighted by molar-refractivity contribution is 5.19. The maximum Gasteiger partial charge on any atom is 0.433 e. The number of rotatable bonds is 2. The maximum absolute atomic E-state index is 13.1. The molecular formula is C15H23F3N2. The number of hydrogen-bond donors (Lipinski definition) is 0. The van der Waals surface area contributed by atoms with E-state index >= 15 is 0 Å². The van der Waals surface area contributed by atoms with E-state index in [-0.39, 0.29) is 5.41 Å². The predicted molar refractivity (Wildman–Crippen MR) is 72.5 cm³/mol. The van der Waals surface area contributed by atoms with Crippen molar-refractivity contribution >= 4 is 0 Å². The minimum atomic E-state index is -4.33. The lowest BCUT2D eigenvalue weighted by molar-refractivity contribution is -0.144. The van der Waals surface area contributed by atoms with Crippen LogP contribution in [-0.2, 0) is 18.1 Å². The molecule has 0 unspecified atom stereocenters. The lowest BCUT2D eigenvalue weighted by Gasteiger charge is -2.22. The van der Waals surface area contributed by atoms with Gasteiger partial charge >= 0.3 is 6.18 Å². The first-order valence-electron chi connectivity index (χ1n) is 7.33. The third kappa shape index (κ3) is 3.55. The molecule has 1 fully saturated rings. The van der Waals surface area contributed by atoms with Gasteiger partial charge in [0.2, 0.25) is 0 Å². The molecule has 1 aliphatic carbocycles. The second kappa shape index (κ2) is 5.41. The van der Waals surface area contributed by atoms with Crippen molar-refractivity contribution in [3.05, 3.63) is 17.5 Å². The van der Waals surface area contributed by atoms with Crippen LogP contribution in [0.5, 0.6) is 0 Å². The highest BCUT2D eigenvalue weighted by atomic mass is 19.4. The molecule has 0 aliphatic heterocycles. The van der Waals surface area contributed by atoms with Crippen molar-refractivity contribution in [1.29, 1.82) is 0 Å². The molecule has 0 N–H and O–H groups in total. The van der Waals surface area contributed by atoms with Gasteiger partial charge in [-0.25, -0.2) is 0 Å². The van der Waals surface area contributed by atoms with Crippen molar-refractivity contribution in [2.45, 2.75) is 71.0 Å². The Hall–Kier alpha value is -1.00. The van der Waals surface area contributed by atoms with Crippen LogP contribution in [0, 0.1) is 5.92 Å². The molecule has 0 spiro atoms. The molecule has 0 amide bonds. The first-order valence-corrected chi connectivity index (χ1v) is 7.33. The number of hydrogen-bond acceptors (Lipinski definition) is 1. The monoisotopic (exact) mass is 288 g/mol. The highest BCUT2D eigenvalue weighted by Crippen LogP contribution is 2.34. The van der Waals surface area contributed by atoms with Crippen LogP contribution in [0.4, 0.5) is 13.2 Å². The van der Waals surface area contributed by atoms with Gasteiger partial charge in [0, 0.05) is 12.0 Å².